The number of nitrogens with one attached hydrogen (secondary N) is 2. The first-order valence-corrected chi connectivity index (χ1v) is 8.44. The van der Waals surface area contributed by atoms with Crippen molar-refractivity contribution in [2.75, 3.05) is 18.0 Å². The highest BCUT2D eigenvalue weighted by Gasteiger charge is 2.40. The van der Waals surface area contributed by atoms with E-state index >= 15 is 0 Å². The minimum atomic E-state index is -1.20. The Kier molecular flexibility index (Phi) is 2.79. The van der Waals surface area contributed by atoms with Crippen molar-refractivity contribution < 1.29 is 9.90 Å². The lowest BCUT2D eigenvalue weighted by molar-refractivity contribution is 0.0695. The molecule has 2 aliphatic heterocycles. The Morgan fingerprint density at radius 3 is 2.88 bits per heavy atom. The van der Waals surface area contributed by atoms with Gasteiger partial charge in [0, 0.05) is 31.4 Å². The van der Waals surface area contributed by atoms with Gasteiger partial charge in [0.2, 0.25) is 5.43 Å². The number of carboxylic acid groups (broad SMARTS) is 1. The van der Waals surface area contributed by atoms with Crippen molar-refractivity contribution in [1.29, 1.82) is 0 Å². The van der Waals surface area contributed by atoms with Gasteiger partial charge < -0.3 is 20.3 Å². The van der Waals surface area contributed by atoms with Crippen LogP contribution in [0, 0.1) is 0 Å². The largest absolute Gasteiger partial charge is 0.477 e. The highest BCUT2D eigenvalue weighted by molar-refractivity contribution is 5.93. The molecule has 7 heteroatoms. The van der Waals surface area contributed by atoms with E-state index in [1.807, 2.05) is 0 Å². The molecule has 2 saturated heterocycles. The highest BCUT2D eigenvalue weighted by Crippen LogP contribution is 2.37. The zero-order valence-electron chi connectivity index (χ0n) is 13.1. The normalized spacial score (nSPS) is 24.8. The molecule has 0 radical (unpaired) electrons. The van der Waals surface area contributed by atoms with Crippen molar-refractivity contribution in [3.63, 3.8) is 0 Å². The maximum Gasteiger partial charge on any atom is 0.341 e. The summed E-state index contributed by atoms with van der Waals surface area (Å²) in [6.07, 6.45) is 5.12. The van der Waals surface area contributed by atoms with Gasteiger partial charge in [0.1, 0.15) is 17.0 Å². The summed E-state index contributed by atoms with van der Waals surface area (Å²) in [7, 11) is 0. The first kappa shape index (κ1) is 14.0. The lowest BCUT2D eigenvalue weighted by atomic mass is 10.0. The maximum absolute atomic E-state index is 12.6. The topological polar surface area (TPSA) is 98.3 Å². The van der Waals surface area contributed by atoms with E-state index in [0.717, 1.165) is 55.7 Å². The minimum absolute atomic E-state index is 0.212. The molecule has 0 unspecified atom stereocenters. The van der Waals surface area contributed by atoms with Gasteiger partial charge in [0.15, 0.2) is 0 Å². The molecular formula is C17H18N4O3. The first-order chi connectivity index (χ1) is 11.6. The number of pyridine rings is 2. The summed E-state index contributed by atoms with van der Waals surface area (Å²) in [6, 6.07) is 0.993. The third kappa shape index (κ3) is 1.78. The number of anilines is 1. The number of nitrogens with zero attached hydrogens (tertiary/aromatic N) is 2. The molecule has 0 amide bonds. The van der Waals surface area contributed by atoms with Gasteiger partial charge in [0.25, 0.3) is 0 Å². The molecular weight excluding hydrogens is 308 g/mol. The van der Waals surface area contributed by atoms with Crippen molar-refractivity contribution in [3.8, 4) is 0 Å². The van der Waals surface area contributed by atoms with Crippen LogP contribution in [0.5, 0.6) is 0 Å². The second-order valence-electron chi connectivity index (χ2n) is 6.95. The standard InChI is InChI=1S/C17H18N4O3/c22-14-12(17(23)24)6-19-15-13(14)10-2-1-3-11(10)16(20-15)21-7-8-4-9(21)5-18-8/h6,8-9,18H,1-5,7H2,(H,23,24)(H,19,20,22)/t8-,9-/m0/s1. The molecule has 3 aliphatic rings. The SMILES string of the molecule is O=C(O)c1c[nH]c2nc(N3C[C@@H]4C[C@H]3CN4)c3c(c2c1=O)CCC3. The monoisotopic (exact) mass is 326 g/mol. The Hall–Kier alpha value is -2.41. The van der Waals surface area contributed by atoms with Gasteiger partial charge in [-0.1, -0.05) is 0 Å². The van der Waals surface area contributed by atoms with Crippen LogP contribution in [0.3, 0.4) is 0 Å². The summed E-state index contributed by atoms with van der Waals surface area (Å²) in [6.45, 7) is 1.93. The number of carbonyl (C=O) groups is 1. The molecule has 2 fully saturated rings. The van der Waals surface area contributed by atoms with Crippen molar-refractivity contribution in [1.82, 2.24) is 15.3 Å². The molecule has 1 aliphatic carbocycles. The van der Waals surface area contributed by atoms with Crippen molar-refractivity contribution in [2.24, 2.45) is 0 Å². The summed E-state index contributed by atoms with van der Waals surface area (Å²) in [4.78, 5) is 34.0. The Morgan fingerprint density at radius 1 is 1.33 bits per heavy atom. The molecule has 0 saturated carbocycles. The van der Waals surface area contributed by atoms with Crippen molar-refractivity contribution in [3.05, 3.63) is 33.1 Å². The fourth-order valence-electron chi connectivity index (χ4n) is 4.55. The number of rotatable bonds is 2. The van der Waals surface area contributed by atoms with Crippen LogP contribution in [0.15, 0.2) is 11.0 Å². The molecule has 24 heavy (non-hydrogen) atoms. The Bertz CT molecular complexity index is 936. The fourth-order valence-corrected chi connectivity index (χ4v) is 4.55. The van der Waals surface area contributed by atoms with E-state index in [4.69, 9.17) is 4.98 Å². The Labute approximate surface area is 137 Å². The van der Waals surface area contributed by atoms with Gasteiger partial charge in [-0.3, -0.25) is 4.79 Å². The van der Waals surface area contributed by atoms with Crippen LogP contribution in [-0.2, 0) is 12.8 Å². The number of H-pyrrole nitrogens is 1. The molecule has 5 rings (SSSR count). The van der Waals surface area contributed by atoms with Crippen LogP contribution in [-0.4, -0.2) is 46.2 Å². The van der Waals surface area contributed by atoms with E-state index < -0.39 is 11.4 Å². The Morgan fingerprint density at radius 2 is 2.17 bits per heavy atom. The van der Waals surface area contributed by atoms with E-state index in [-0.39, 0.29) is 5.56 Å². The van der Waals surface area contributed by atoms with E-state index in [1.165, 1.54) is 6.20 Å². The number of hydrogen-bond donors (Lipinski definition) is 3. The molecule has 2 aromatic heterocycles. The highest BCUT2D eigenvalue weighted by atomic mass is 16.4. The second-order valence-corrected chi connectivity index (χ2v) is 6.95. The van der Waals surface area contributed by atoms with E-state index in [1.54, 1.807) is 0 Å². The average molecular weight is 326 g/mol. The maximum atomic E-state index is 12.6. The predicted molar refractivity (Wildman–Crippen MR) is 88.9 cm³/mol. The van der Waals surface area contributed by atoms with Crippen molar-refractivity contribution in [2.45, 2.75) is 37.8 Å². The van der Waals surface area contributed by atoms with Gasteiger partial charge in [-0.15, -0.1) is 0 Å². The quantitative estimate of drug-likeness (QED) is 0.750. The van der Waals surface area contributed by atoms with Gasteiger partial charge in [-0.2, -0.15) is 0 Å². The van der Waals surface area contributed by atoms with Crippen molar-refractivity contribution >= 4 is 22.8 Å². The number of aromatic amines is 1. The van der Waals surface area contributed by atoms with E-state index in [2.05, 4.69) is 15.2 Å². The lowest BCUT2D eigenvalue weighted by Gasteiger charge is -2.30. The fraction of sp³-hybridized carbons (Fsp3) is 0.471. The number of fused-ring (bicyclic) bond motifs is 5. The van der Waals surface area contributed by atoms with Crippen LogP contribution < -0.4 is 15.6 Å². The number of hydrogen-bond acceptors (Lipinski definition) is 5. The summed E-state index contributed by atoms with van der Waals surface area (Å²) in [5, 5.41) is 13.2. The van der Waals surface area contributed by atoms with Crippen LogP contribution in [0.25, 0.3) is 11.0 Å². The summed E-state index contributed by atoms with van der Waals surface area (Å²) in [5.41, 5.74) is 2.02. The third-order valence-corrected chi connectivity index (χ3v) is 5.63. The minimum Gasteiger partial charge on any atom is -0.477 e. The zero-order valence-corrected chi connectivity index (χ0v) is 13.1. The number of aromatic nitrogens is 2. The van der Waals surface area contributed by atoms with Gasteiger partial charge >= 0.3 is 5.97 Å². The third-order valence-electron chi connectivity index (χ3n) is 5.63. The second kappa shape index (κ2) is 4.80. The number of aryl methyl sites for hydroxylation is 1. The smallest absolute Gasteiger partial charge is 0.341 e. The first-order valence-electron chi connectivity index (χ1n) is 8.44. The van der Waals surface area contributed by atoms with Gasteiger partial charge in [-0.05, 0) is 36.8 Å². The molecule has 7 nitrogen and oxygen atoms in total. The van der Waals surface area contributed by atoms with E-state index in [9.17, 15) is 14.7 Å². The van der Waals surface area contributed by atoms with E-state index in [0.29, 0.717) is 23.1 Å². The molecule has 0 aromatic carbocycles. The lowest BCUT2D eigenvalue weighted by Crippen LogP contribution is -2.44. The zero-order chi connectivity index (χ0) is 16.4. The molecule has 4 heterocycles. The summed E-state index contributed by atoms with van der Waals surface area (Å²) in [5.74, 6) is -0.209. The number of aromatic carboxylic acids is 1. The molecule has 3 N–H and O–H groups in total. The van der Waals surface area contributed by atoms with Gasteiger partial charge in [-0.25, -0.2) is 9.78 Å². The summed E-state index contributed by atoms with van der Waals surface area (Å²) >= 11 is 0. The molecule has 2 aromatic rings. The van der Waals surface area contributed by atoms with Gasteiger partial charge in [0.05, 0.1) is 5.39 Å². The Balaban J connectivity index is 1.75. The molecule has 124 valence electrons. The predicted octanol–water partition coefficient (Wildman–Crippen LogP) is 0.661. The number of carboxylic acids is 1. The molecule has 0 spiro atoms. The molecule has 2 bridgehead atoms. The molecule has 2 atom stereocenters. The van der Waals surface area contributed by atoms with Crippen LogP contribution in [0.1, 0.15) is 34.3 Å². The van der Waals surface area contributed by atoms with Crippen LogP contribution in [0.2, 0.25) is 0 Å². The van der Waals surface area contributed by atoms with Crippen LogP contribution in [0.4, 0.5) is 5.82 Å². The summed E-state index contributed by atoms with van der Waals surface area (Å²) < 4.78 is 0. The average Bonchev–Trinajstić information content (AvgIpc) is 3.29. The van der Waals surface area contributed by atoms with Crippen LogP contribution >= 0.6 is 0 Å². The number of piperazine rings is 1.